The minimum absolute atomic E-state index is 0.0191. The molecule has 2 fully saturated rings. The first kappa shape index (κ1) is 21.2. The maximum Gasteiger partial charge on any atom is 0.261 e. The zero-order valence-electron chi connectivity index (χ0n) is 18.2. The van der Waals surface area contributed by atoms with E-state index in [1.165, 1.54) is 0 Å². The summed E-state index contributed by atoms with van der Waals surface area (Å²) in [5, 5.41) is 17.4. The first-order valence-electron chi connectivity index (χ1n) is 11.7. The topological polar surface area (TPSA) is 92.1 Å². The van der Waals surface area contributed by atoms with Gasteiger partial charge in [-0.25, -0.2) is 9.97 Å². The van der Waals surface area contributed by atoms with Crippen LogP contribution in [0, 0.1) is 0 Å². The molecule has 3 heterocycles. The molecule has 164 valence electrons. The molecule has 30 heavy (non-hydrogen) atoms. The fourth-order valence-corrected chi connectivity index (χ4v) is 4.95. The number of piperidine rings is 1. The third-order valence-corrected chi connectivity index (χ3v) is 6.96. The lowest BCUT2D eigenvalue weighted by Crippen LogP contribution is -2.35. The summed E-state index contributed by atoms with van der Waals surface area (Å²) in [7, 11) is 0. The highest BCUT2D eigenvalue weighted by atomic mass is 16.3. The molecule has 0 bridgehead atoms. The summed E-state index contributed by atoms with van der Waals surface area (Å²) >= 11 is 0. The van der Waals surface area contributed by atoms with Gasteiger partial charge >= 0.3 is 0 Å². The number of nitrogens with zero attached hydrogens (tertiary/aromatic N) is 3. The molecule has 0 amide bonds. The molecule has 0 aromatic carbocycles. The Balaban J connectivity index is 1.79. The lowest BCUT2D eigenvalue weighted by atomic mass is 9.82. The summed E-state index contributed by atoms with van der Waals surface area (Å²) in [6.45, 7) is 6.18. The van der Waals surface area contributed by atoms with Crippen LogP contribution in [-0.2, 0) is 0 Å². The molecule has 7 nitrogen and oxygen atoms in total. The number of pyridine rings is 1. The van der Waals surface area contributed by atoms with Crippen LogP contribution in [0.2, 0.25) is 0 Å². The van der Waals surface area contributed by atoms with E-state index in [-0.39, 0.29) is 17.7 Å². The van der Waals surface area contributed by atoms with Crippen molar-refractivity contribution >= 4 is 16.9 Å². The number of aliphatic hydroxyl groups is 1. The number of anilines is 1. The summed E-state index contributed by atoms with van der Waals surface area (Å²) in [6, 6.07) is 0.546. The van der Waals surface area contributed by atoms with E-state index in [1.807, 2.05) is 4.57 Å². The van der Waals surface area contributed by atoms with E-state index in [2.05, 4.69) is 35.7 Å². The number of aromatic nitrogens is 3. The van der Waals surface area contributed by atoms with Crippen LogP contribution in [0.5, 0.6) is 0 Å². The average molecular weight is 414 g/mol. The second-order valence-electron chi connectivity index (χ2n) is 8.90. The zero-order valence-corrected chi connectivity index (χ0v) is 18.2. The summed E-state index contributed by atoms with van der Waals surface area (Å²) in [6.07, 6.45) is 11.0. The van der Waals surface area contributed by atoms with Gasteiger partial charge in [0.15, 0.2) is 0 Å². The van der Waals surface area contributed by atoms with E-state index in [1.54, 1.807) is 6.20 Å². The molecule has 1 saturated carbocycles. The Bertz CT molecular complexity index is 910. The molecule has 2 aliphatic rings. The number of fused-ring (bicyclic) bond motifs is 1. The molecule has 1 aliphatic heterocycles. The number of rotatable bonds is 6. The molecule has 0 spiro atoms. The van der Waals surface area contributed by atoms with Crippen molar-refractivity contribution in [1.29, 1.82) is 0 Å². The number of hydrogen-bond acceptors (Lipinski definition) is 6. The Morgan fingerprint density at radius 3 is 2.53 bits per heavy atom. The molecule has 1 saturated heterocycles. The van der Waals surface area contributed by atoms with Gasteiger partial charge in [-0.3, -0.25) is 4.79 Å². The van der Waals surface area contributed by atoms with Crippen LogP contribution >= 0.6 is 0 Å². The second kappa shape index (κ2) is 9.43. The Morgan fingerprint density at radius 1 is 1.17 bits per heavy atom. The van der Waals surface area contributed by atoms with Crippen LogP contribution < -0.4 is 16.2 Å². The highest BCUT2D eigenvalue weighted by molar-refractivity contribution is 5.81. The van der Waals surface area contributed by atoms with E-state index in [9.17, 15) is 9.90 Å². The Morgan fingerprint density at radius 2 is 1.87 bits per heavy atom. The van der Waals surface area contributed by atoms with Gasteiger partial charge in [-0.05, 0) is 75.9 Å². The first-order valence-corrected chi connectivity index (χ1v) is 11.7. The Kier molecular flexibility index (Phi) is 6.68. The summed E-state index contributed by atoms with van der Waals surface area (Å²) in [4.78, 5) is 22.7. The van der Waals surface area contributed by atoms with Crippen LogP contribution in [0.3, 0.4) is 0 Å². The van der Waals surface area contributed by atoms with E-state index in [0.717, 1.165) is 75.5 Å². The summed E-state index contributed by atoms with van der Waals surface area (Å²) < 4.78 is 1.95. The standard InChI is InChI=1S/C23H35N5O2/c1-3-16(4-2)26-23-25-13-19-21(27-23)20(15-5-7-18(29)8-6-15)14-28(22(19)30)17-9-11-24-12-10-17/h13-18,24,29H,3-12H2,1-2H3,(H,25,26,27). The summed E-state index contributed by atoms with van der Waals surface area (Å²) in [5.74, 6) is 0.924. The van der Waals surface area contributed by atoms with Crippen molar-refractivity contribution in [3.63, 3.8) is 0 Å². The van der Waals surface area contributed by atoms with Crippen molar-refractivity contribution in [1.82, 2.24) is 19.9 Å². The maximum atomic E-state index is 13.4. The van der Waals surface area contributed by atoms with Gasteiger partial charge in [-0.15, -0.1) is 0 Å². The smallest absolute Gasteiger partial charge is 0.261 e. The minimum atomic E-state index is -0.204. The first-order chi connectivity index (χ1) is 14.6. The quantitative estimate of drug-likeness (QED) is 0.673. The third-order valence-electron chi connectivity index (χ3n) is 6.96. The van der Waals surface area contributed by atoms with Gasteiger partial charge in [0.1, 0.15) is 0 Å². The minimum Gasteiger partial charge on any atom is -0.393 e. The molecule has 2 aromatic heterocycles. The normalized spacial score (nSPS) is 23.2. The van der Waals surface area contributed by atoms with E-state index in [4.69, 9.17) is 4.98 Å². The van der Waals surface area contributed by atoms with E-state index in [0.29, 0.717) is 23.3 Å². The number of hydrogen-bond donors (Lipinski definition) is 3. The van der Waals surface area contributed by atoms with E-state index < -0.39 is 0 Å². The van der Waals surface area contributed by atoms with Gasteiger partial charge in [-0.2, -0.15) is 0 Å². The van der Waals surface area contributed by atoms with E-state index >= 15 is 0 Å². The highest BCUT2D eigenvalue weighted by Crippen LogP contribution is 2.36. The Hall–Kier alpha value is -1.99. The van der Waals surface area contributed by atoms with Gasteiger partial charge < -0.3 is 20.3 Å². The van der Waals surface area contributed by atoms with Crippen LogP contribution in [0.4, 0.5) is 5.95 Å². The van der Waals surface area contributed by atoms with Crippen molar-refractivity contribution in [3.8, 4) is 0 Å². The zero-order chi connectivity index (χ0) is 21.1. The average Bonchev–Trinajstić information content (AvgIpc) is 2.79. The fourth-order valence-electron chi connectivity index (χ4n) is 4.95. The van der Waals surface area contributed by atoms with Crippen LogP contribution in [0.25, 0.3) is 10.9 Å². The molecule has 4 rings (SSSR count). The van der Waals surface area contributed by atoms with Crippen molar-refractivity contribution in [2.24, 2.45) is 0 Å². The molecule has 1 aliphatic carbocycles. The number of aliphatic hydroxyl groups excluding tert-OH is 1. The van der Waals surface area contributed by atoms with Crippen molar-refractivity contribution in [3.05, 3.63) is 28.3 Å². The molecule has 7 heteroatoms. The molecular formula is C23H35N5O2. The fraction of sp³-hybridized carbons (Fsp3) is 0.696. The van der Waals surface area contributed by atoms with Gasteiger partial charge in [0.2, 0.25) is 5.95 Å². The number of nitrogens with one attached hydrogen (secondary N) is 2. The monoisotopic (exact) mass is 413 g/mol. The highest BCUT2D eigenvalue weighted by Gasteiger charge is 2.26. The SMILES string of the molecule is CCC(CC)Nc1ncc2c(=O)n(C3CCNCC3)cc(C3CCC(O)CC3)c2n1. The second-order valence-corrected chi connectivity index (χ2v) is 8.90. The lowest BCUT2D eigenvalue weighted by molar-refractivity contribution is 0.122. The predicted molar refractivity (Wildman–Crippen MR) is 120 cm³/mol. The largest absolute Gasteiger partial charge is 0.393 e. The van der Waals surface area contributed by atoms with Crippen molar-refractivity contribution in [2.45, 2.75) is 89.3 Å². The summed E-state index contributed by atoms with van der Waals surface area (Å²) in [5.41, 5.74) is 1.95. The lowest BCUT2D eigenvalue weighted by Gasteiger charge is -2.29. The molecule has 2 aromatic rings. The molecule has 0 unspecified atom stereocenters. The van der Waals surface area contributed by atoms with Crippen molar-refractivity contribution < 1.29 is 5.11 Å². The van der Waals surface area contributed by atoms with Gasteiger partial charge in [0.25, 0.3) is 5.56 Å². The molecule has 3 N–H and O–H groups in total. The Labute approximate surface area is 178 Å². The molecule has 0 radical (unpaired) electrons. The molecule has 0 atom stereocenters. The van der Waals surface area contributed by atoms with Gasteiger partial charge in [0, 0.05) is 24.5 Å². The third kappa shape index (κ3) is 4.37. The van der Waals surface area contributed by atoms with Gasteiger partial charge in [-0.1, -0.05) is 13.8 Å². The van der Waals surface area contributed by atoms with Crippen LogP contribution in [0.15, 0.2) is 17.2 Å². The van der Waals surface area contributed by atoms with Crippen LogP contribution in [-0.4, -0.2) is 44.9 Å². The van der Waals surface area contributed by atoms with Gasteiger partial charge in [0.05, 0.1) is 17.0 Å². The molecular weight excluding hydrogens is 378 g/mol. The van der Waals surface area contributed by atoms with Crippen LogP contribution in [0.1, 0.15) is 82.7 Å². The van der Waals surface area contributed by atoms with Crippen molar-refractivity contribution in [2.75, 3.05) is 18.4 Å². The predicted octanol–water partition coefficient (Wildman–Crippen LogP) is 3.34. The maximum absolute atomic E-state index is 13.4.